The topological polar surface area (TPSA) is 72.8 Å². The molecule has 0 aliphatic carbocycles. The number of esters is 1. The minimum Gasteiger partial charge on any atom is -0.496 e. The zero-order valence-corrected chi connectivity index (χ0v) is 13.0. The number of carbonyl (C=O) groups is 2. The van der Waals surface area contributed by atoms with Crippen molar-refractivity contribution in [1.29, 1.82) is 0 Å². The number of hydrogen-bond donors (Lipinski definition) is 1. The average Bonchev–Trinajstić information content (AvgIpc) is 2.46. The van der Waals surface area contributed by atoms with Gasteiger partial charge in [-0.25, -0.2) is 4.79 Å². The molecule has 0 heterocycles. The Kier molecular flexibility index (Phi) is 6.81. The molecule has 0 aliphatic heterocycles. The van der Waals surface area contributed by atoms with E-state index in [4.69, 9.17) is 14.6 Å². The van der Waals surface area contributed by atoms with Gasteiger partial charge in [-0.2, -0.15) is 0 Å². The van der Waals surface area contributed by atoms with E-state index < -0.39 is 11.9 Å². The summed E-state index contributed by atoms with van der Waals surface area (Å²) in [5.74, 6) is -1.02. The molecule has 0 fully saturated rings. The highest BCUT2D eigenvalue weighted by Gasteiger charge is 2.15. The number of rotatable bonds is 7. The Morgan fingerprint density at radius 3 is 2.62 bits per heavy atom. The molecule has 0 amide bonds. The summed E-state index contributed by atoms with van der Waals surface area (Å²) in [6, 6.07) is 5.42. The molecule has 0 aliphatic rings. The summed E-state index contributed by atoms with van der Waals surface area (Å²) in [4.78, 5) is 23.6. The third-order valence-corrected chi connectivity index (χ3v) is 3.40. The highest BCUT2D eigenvalue weighted by molar-refractivity contribution is 7.98. The van der Waals surface area contributed by atoms with E-state index in [1.807, 2.05) is 12.3 Å². The van der Waals surface area contributed by atoms with Crippen LogP contribution in [0.4, 0.5) is 0 Å². The van der Waals surface area contributed by atoms with Crippen LogP contribution in [-0.2, 0) is 14.3 Å². The smallest absolute Gasteiger partial charge is 0.334 e. The number of ether oxygens (including phenoxy) is 2. The standard InChI is InChI=1S/C15H18O5S/c1-4-20-15(18)11(9-14(16)17)7-10-5-6-13(21-3)12(8-10)19-2/h5-8H,4,9H2,1-3H3,(H,16,17). The second kappa shape index (κ2) is 8.36. The molecule has 0 radical (unpaired) electrons. The first-order valence-corrected chi connectivity index (χ1v) is 7.55. The summed E-state index contributed by atoms with van der Waals surface area (Å²) < 4.78 is 10.1. The van der Waals surface area contributed by atoms with Gasteiger partial charge in [-0.05, 0) is 37.0 Å². The lowest BCUT2D eigenvalue weighted by Crippen LogP contribution is -2.11. The molecule has 1 rings (SSSR count). The van der Waals surface area contributed by atoms with Crippen molar-refractivity contribution in [3.8, 4) is 5.75 Å². The minimum absolute atomic E-state index is 0.100. The van der Waals surface area contributed by atoms with Crippen molar-refractivity contribution in [2.75, 3.05) is 20.0 Å². The summed E-state index contributed by atoms with van der Waals surface area (Å²) >= 11 is 1.54. The molecule has 0 aromatic heterocycles. The van der Waals surface area contributed by atoms with Crippen molar-refractivity contribution in [1.82, 2.24) is 0 Å². The summed E-state index contributed by atoms with van der Waals surface area (Å²) in [7, 11) is 1.56. The number of benzene rings is 1. The summed E-state index contributed by atoms with van der Waals surface area (Å²) in [5.41, 5.74) is 0.789. The fourth-order valence-electron chi connectivity index (χ4n) is 1.71. The van der Waals surface area contributed by atoms with Gasteiger partial charge in [0.1, 0.15) is 5.75 Å². The van der Waals surface area contributed by atoms with Crippen LogP contribution in [0.15, 0.2) is 28.7 Å². The largest absolute Gasteiger partial charge is 0.496 e. The molecule has 1 N–H and O–H groups in total. The van der Waals surface area contributed by atoms with Crippen LogP contribution < -0.4 is 4.74 Å². The van der Waals surface area contributed by atoms with Gasteiger partial charge in [0.2, 0.25) is 0 Å². The predicted octanol–water partition coefficient (Wildman–Crippen LogP) is 2.84. The van der Waals surface area contributed by atoms with Crippen LogP contribution in [0.5, 0.6) is 5.75 Å². The molecule has 5 nitrogen and oxygen atoms in total. The second-order valence-corrected chi connectivity index (χ2v) is 4.92. The maximum atomic E-state index is 11.8. The summed E-state index contributed by atoms with van der Waals surface area (Å²) in [5, 5.41) is 8.89. The molecule has 1 aromatic carbocycles. The average molecular weight is 310 g/mol. The number of carbonyl (C=O) groups excluding carboxylic acids is 1. The lowest BCUT2D eigenvalue weighted by molar-refractivity contribution is -0.142. The quantitative estimate of drug-likeness (QED) is 0.474. The third kappa shape index (κ3) is 5.15. The number of aliphatic carboxylic acids is 1. The van der Waals surface area contributed by atoms with Crippen molar-refractivity contribution in [3.63, 3.8) is 0 Å². The molecule has 0 saturated carbocycles. The highest BCUT2D eigenvalue weighted by atomic mass is 32.2. The van der Waals surface area contributed by atoms with Gasteiger partial charge in [-0.3, -0.25) is 4.79 Å². The number of hydrogen-bond acceptors (Lipinski definition) is 5. The van der Waals surface area contributed by atoms with Gasteiger partial charge in [-0.15, -0.1) is 11.8 Å². The van der Waals surface area contributed by atoms with Crippen molar-refractivity contribution < 1.29 is 24.2 Å². The van der Waals surface area contributed by atoms with E-state index >= 15 is 0 Å². The first kappa shape index (κ1) is 17.1. The predicted molar refractivity (Wildman–Crippen MR) is 81.6 cm³/mol. The molecule has 0 bridgehead atoms. The lowest BCUT2D eigenvalue weighted by Gasteiger charge is -2.08. The van der Waals surface area contributed by atoms with Gasteiger partial charge in [0.25, 0.3) is 0 Å². The molecule has 0 saturated heterocycles. The highest BCUT2D eigenvalue weighted by Crippen LogP contribution is 2.29. The van der Waals surface area contributed by atoms with Crippen molar-refractivity contribution >= 4 is 29.8 Å². The van der Waals surface area contributed by atoms with E-state index in [1.54, 1.807) is 37.9 Å². The number of carboxylic acid groups (broad SMARTS) is 1. The van der Waals surface area contributed by atoms with Crippen LogP contribution in [0.3, 0.4) is 0 Å². The molecule has 6 heteroatoms. The van der Waals surface area contributed by atoms with Gasteiger partial charge in [-0.1, -0.05) is 6.07 Å². The van der Waals surface area contributed by atoms with Gasteiger partial charge in [0.15, 0.2) is 0 Å². The van der Waals surface area contributed by atoms with Gasteiger partial charge >= 0.3 is 11.9 Å². The van der Waals surface area contributed by atoms with Crippen LogP contribution in [0.1, 0.15) is 18.9 Å². The van der Waals surface area contributed by atoms with Crippen LogP contribution in [0, 0.1) is 0 Å². The number of methoxy groups -OCH3 is 1. The fourth-order valence-corrected chi connectivity index (χ4v) is 2.26. The zero-order chi connectivity index (χ0) is 15.8. The second-order valence-electron chi connectivity index (χ2n) is 4.07. The van der Waals surface area contributed by atoms with Crippen LogP contribution in [-0.4, -0.2) is 37.0 Å². The van der Waals surface area contributed by atoms with Gasteiger partial charge in [0.05, 0.1) is 20.1 Å². The molecule has 0 unspecified atom stereocenters. The fraction of sp³-hybridized carbons (Fsp3) is 0.333. The first-order valence-electron chi connectivity index (χ1n) is 6.33. The molecule has 1 aromatic rings. The van der Waals surface area contributed by atoms with E-state index in [1.165, 1.54) is 6.08 Å². The normalized spacial score (nSPS) is 11.1. The Bertz CT molecular complexity index is 551. The zero-order valence-electron chi connectivity index (χ0n) is 12.2. The van der Waals surface area contributed by atoms with Crippen molar-refractivity contribution in [2.45, 2.75) is 18.2 Å². The summed E-state index contributed by atoms with van der Waals surface area (Å²) in [6.07, 6.45) is 3.06. The molecule has 114 valence electrons. The number of thioether (sulfide) groups is 1. The summed E-state index contributed by atoms with van der Waals surface area (Å²) in [6.45, 7) is 1.87. The first-order chi connectivity index (χ1) is 10.0. The van der Waals surface area contributed by atoms with Gasteiger partial charge < -0.3 is 14.6 Å². The van der Waals surface area contributed by atoms with E-state index in [0.29, 0.717) is 11.3 Å². The van der Waals surface area contributed by atoms with E-state index in [0.717, 1.165) is 4.90 Å². The van der Waals surface area contributed by atoms with E-state index in [-0.39, 0.29) is 18.6 Å². The third-order valence-electron chi connectivity index (χ3n) is 2.63. The monoisotopic (exact) mass is 310 g/mol. The van der Waals surface area contributed by atoms with E-state index in [9.17, 15) is 9.59 Å². The maximum Gasteiger partial charge on any atom is 0.334 e. The van der Waals surface area contributed by atoms with Crippen molar-refractivity contribution in [3.05, 3.63) is 29.3 Å². The Hall–Kier alpha value is -1.95. The van der Waals surface area contributed by atoms with Crippen LogP contribution in [0.2, 0.25) is 0 Å². The Morgan fingerprint density at radius 2 is 2.10 bits per heavy atom. The molecular formula is C15H18O5S. The molecule has 0 atom stereocenters. The Balaban J connectivity index is 3.14. The maximum absolute atomic E-state index is 11.8. The van der Waals surface area contributed by atoms with E-state index in [2.05, 4.69) is 0 Å². The molecular weight excluding hydrogens is 292 g/mol. The van der Waals surface area contributed by atoms with Crippen LogP contribution >= 0.6 is 11.8 Å². The van der Waals surface area contributed by atoms with Gasteiger partial charge in [0, 0.05) is 10.5 Å². The molecule has 21 heavy (non-hydrogen) atoms. The van der Waals surface area contributed by atoms with Crippen molar-refractivity contribution in [2.24, 2.45) is 0 Å². The Labute approximate surface area is 127 Å². The van der Waals surface area contributed by atoms with Crippen LogP contribution in [0.25, 0.3) is 6.08 Å². The molecule has 0 spiro atoms. The Morgan fingerprint density at radius 1 is 1.38 bits per heavy atom. The minimum atomic E-state index is -1.08. The SMILES string of the molecule is CCOC(=O)C(=Cc1ccc(SC)c(OC)c1)CC(=O)O. The number of carboxylic acids is 1. The lowest BCUT2D eigenvalue weighted by atomic mass is 10.1.